The maximum atomic E-state index is 13.5. The summed E-state index contributed by atoms with van der Waals surface area (Å²) < 4.78 is 1.46. The minimum Gasteiger partial charge on any atom is -0.245 e. The highest BCUT2D eigenvalue weighted by Crippen LogP contribution is 2.39. The summed E-state index contributed by atoms with van der Waals surface area (Å²) in [5.74, 6) is 0. The van der Waals surface area contributed by atoms with Gasteiger partial charge in [0.1, 0.15) is 12.0 Å². The molecule has 4 rings (SSSR count). The Morgan fingerprint density at radius 2 is 1.73 bits per heavy atom. The summed E-state index contributed by atoms with van der Waals surface area (Å²) in [6.45, 7) is 2.06. The van der Waals surface area contributed by atoms with E-state index in [4.69, 9.17) is 4.99 Å². The Balaban J connectivity index is 1.97. The quantitative estimate of drug-likeness (QED) is 0.648. The molecule has 5 heteroatoms. The number of allylic oxidation sites excluding steroid dienone is 1. The number of carbonyl (C=O) groups excluding carboxylic acids is 1. The third kappa shape index (κ3) is 2.41. The summed E-state index contributed by atoms with van der Waals surface area (Å²) in [6, 6.07) is 19.6. The van der Waals surface area contributed by atoms with Gasteiger partial charge in [-0.3, -0.25) is 0 Å². The Bertz CT molecular complexity index is 975. The van der Waals surface area contributed by atoms with Crippen LogP contribution in [0, 0.1) is 0 Å². The molecule has 0 bridgehead atoms. The van der Waals surface area contributed by atoms with E-state index >= 15 is 0 Å². The first-order valence-electron chi connectivity index (χ1n) is 8.59. The molecule has 1 aliphatic heterocycles. The maximum Gasteiger partial charge on any atom is 0.444 e. The van der Waals surface area contributed by atoms with Crippen molar-refractivity contribution in [3.8, 4) is 0 Å². The van der Waals surface area contributed by atoms with Crippen LogP contribution >= 0.6 is 0 Å². The largest absolute Gasteiger partial charge is 0.444 e. The van der Waals surface area contributed by atoms with Crippen LogP contribution in [0.3, 0.4) is 0 Å². The summed E-state index contributed by atoms with van der Waals surface area (Å²) in [5.41, 5.74) is 3.67. The summed E-state index contributed by atoms with van der Waals surface area (Å²) in [5, 5.41) is 0. The highest BCUT2D eigenvalue weighted by Gasteiger charge is 2.48. The zero-order valence-corrected chi connectivity index (χ0v) is 14.5. The first-order valence-corrected chi connectivity index (χ1v) is 8.59. The van der Waals surface area contributed by atoms with Crippen LogP contribution in [-0.2, 0) is 0 Å². The zero-order valence-electron chi connectivity index (χ0n) is 14.5. The Kier molecular flexibility index (Phi) is 4.07. The van der Waals surface area contributed by atoms with Gasteiger partial charge in [-0.15, -0.1) is 4.48 Å². The fourth-order valence-electron chi connectivity index (χ4n) is 3.42. The molecule has 0 saturated heterocycles. The van der Waals surface area contributed by atoms with Crippen molar-refractivity contribution in [3.05, 3.63) is 90.6 Å². The molecule has 3 aromatic rings. The van der Waals surface area contributed by atoms with Gasteiger partial charge in [-0.25, -0.2) is 14.3 Å². The molecular weight excluding hydrogens is 324 g/mol. The molecule has 26 heavy (non-hydrogen) atoms. The van der Waals surface area contributed by atoms with E-state index in [2.05, 4.69) is 11.9 Å². The molecule has 1 aliphatic rings. The molecule has 2 aromatic carbocycles. The lowest BCUT2D eigenvalue weighted by atomic mass is 10.1. The van der Waals surface area contributed by atoms with Crippen LogP contribution in [0.1, 0.15) is 18.9 Å². The minimum absolute atomic E-state index is 0.0576. The fraction of sp³-hybridized carbons (Fsp3) is 0.0952. The van der Waals surface area contributed by atoms with Crippen LogP contribution in [0.2, 0.25) is 0 Å². The Morgan fingerprint density at radius 1 is 1.04 bits per heavy atom. The van der Waals surface area contributed by atoms with Crippen LogP contribution in [0.4, 0.5) is 10.5 Å². The number of nitrogens with zero attached hydrogens (tertiary/aromatic N) is 4. The van der Waals surface area contributed by atoms with Gasteiger partial charge in [-0.1, -0.05) is 55.5 Å². The smallest absolute Gasteiger partial charge is 0.245 e. The van der Waals surface area contributed by atoms with Crippen molar-refractivity contribution >= 4 is 23.8 Å². The van der Waals surface area contributed by atoms with Gasteiger partial charge in [0.15, 0.2) is 11.4 Å². The van der Waals surface area contributed by atoms with Crippen molar-refractivity contribution in [2.75, 3.05) is 0 Å². The predicted octanol–water partition coefficient (Wildman–Crippen LogP) is 4.68. The van der Waals surface area contributed by atoms with E-state index < -0.39 is 0 Å². The molecule has 1 unspecified atom stereocenters. The number of rotatable bonds is 3. The standard InChI is InChI=1S/C21H19N4O/c1-2-19-20(17-9-5-3-6-10-17)23-16-25(19,18-11-7-4-8-12-18)21(26)24-14-13-22-15-24/h3-16H,2H2,1H3/q+1. The Morgan fingerprint density at radius 3 is 2.35 bits per heavy atom. The van der Waals surface area contributed by atoms with Gasteiger partial charge in [-0.2, -0.15) is 4.99 Å². The second-order valence-corrected chi connectivity index (χ2v) is 6.07. The van der Waals surface area contributed by atoms with E-state index in [1.165, 1.54) is 10.9 Å². The number of aliphatic imine (C=N–C) groups is 1. The van der Waals surface area contributed by atoms with Crippen molar-refractivity contribution < 1.29 is 4.79 Å². The molecule has 0 spiro atoms. The Labute approximate surface area is 152 Å². The number of quaternary nitrogens is 1. The van der Waals surface area contributed by atoms with Gasteiger partial charge >= 0.3 is 6.03 Å². The molecule has 1 amide bonds. The average molecular weight is 343 g/mol. The molecule has 1 atom stereocenters. The number of amides is 1. The van der Waals surface area contributed by atoms with Crippen molar-refractivity contribution in [1.29, 1.82) is 0 Å². The first-order chi connectivity index (χ1) is 12.8. The lowest BCUT2D eigenvalue weighted by Gasteiger charge is -2.29. The maximum absolute atomic E-state index is 13.5. The van der Waals surface area contributed by atoms with Crippen LogP contribution < -0.4 is 4.48 Å². The zero-order chi connectivity index (χ0) is 18.0. The topological polar surface area (TPSA) is 47.2 Å². The predicted molar refractivity (Wildman–Crippen MR) is 103 cm³/mol. The average Bonchev–Trinajstić information content (AvgIpc) is 3.37. The molecule has 2 heterocycles. The van der Waals surface area contributed by atoms with Gasteiger partial charge in [-0.05, 0) is 0 Å². The first kappa shape index (κ1) is 16.2. The van der Waals surface area contributed by atoms with E-state index in [0.29, 0.717) is 6.42 Å². The number of imidazole rings is 1. The van der Waals surface area contributed by atoms with E-state index in [-0.39, 0.29) is 10.5 Å². The van der Waals surface area contributed by atoms with Crippen LogP contribution in [0.25, 0.3) is 5.70 Å². The van der Waals surface area contributed by atoms with Gasteiger partial charge in [0.2, 0.25) is 6.34 Å². The van der Waals surface area contributed by atoms with Gasteiger partial charge in [0, 0.05) is 36.5 Å². The highest BCUT2D eigenvalue weighted by molar-refractivity contribution is 6.10. The summed E-state index contributed by atoms with van der Waals surface area (Å²) in [6.07, 6.45) is 7.25. The van der Waals surface area contributed by atoms with E-state index in [1.54, 1.807) is 18.7 Å². The number of carbonyl (C=O) groups is 1. The number of para-hydroxylation sites is 1. The molecule has 0 fully saturated rings. The SMILES string of the molecule is CCC1=C(c2ccccc2)N=C[N+]1(C(=O)n1ccnc1)c1ccccc1. The number of benzene rings is 2. The highest BCUT2D eigenvalue weighted by atomic mass is 16.2. The molecule has 5 nitrogen and oxygen atoms in total. The third-order valence-electron chi connectivity index (χ3n) is 4.63. The van der Waals surface area contributed by atoms with Crippen LogP contribution in [-0.4, -0.2) is 21.9 Å². The Hall–Kier alpha value is -3.31. The summed E-state index contributed by atoms with van der Waals surface area (Å²) >= 11 is 0. The number of hydrogen-bond donors (Lipinski definition) is 0. The molecule has 0 radical (unpaired) electrons. The van der Waals surface area contributed by atoms with Gasteiger partial charge in [0.25, 0.3) is 0 Å². The van der Waals surface area contributed by atoms with Crippen LogP contribution in [0.15, 0.2) is 90.1 Å². The molecule has 0 aliphatic carbocycles. The van der Waals surface area contributed by atoms with Gasteiger partial charge in [0.05, 0.1) is 0 Å². The lowest BCUT2D eigenvalue weighted by Crippen LogP contribution is -2.52. The van der Waals surface area contributed by atoms with E-state index in [1.807, 2.05) is 60.7 Å². The molecule has 1 aromatic heterocycles. The molecule has 0 saturated carbocycles. The molecule has 0 N–H and O–H groups in total. The fourth-order valence-corrected chi connectivity index (χ4v) is 3.42. The van der Waals surface area contributed by atoms with Crippen molar-refractivity contribution in [3.63, 3.8) is 0 Å². The molecular formula is C21H19N4O+. The van der Waals surface area contributed by atoms with Crippen LogP contribution in [0.5, 0.6) is 0 Å². The monoisotopic (exact) mass is 343 g/mol. The lowest BCUT2D eigenvalue weighted by molar-refractivity contribution is 0.230. The summed E-state index contributed by atoms with van der Waals surface area (Å²) in [4.78, 5) is 22.3. The third-order valence-corrected chi connectivity index (χ3v) is 4.63. The van der Waals surface area contributed by atoms with Crippen molar-refractivity contribution in [2.24, 2.45) is 4.99 Å². The minimum atomic E-state index is -0.125. The van der Waals surface area contributed by atoms with E-state index in [9.17, 15) is 4.79 Å². The second-order valence-electron chi connectivity index (χ2n) is 6.07. The normalized spacial score (nSPS) is 19.1. The number of hydrogen-bond acceptors (Lipinski definition) is 3. The van der Waals surface area contributed by atoms with Crippen molar-refractivity contribution in [1.82, 2.24) is 14.0 Å². The number of aromatic nitrogens is 2. The van der Waals surface area contributed by atoms with E-state index in [0.717, 1.165) is 22.6 Å². The molecule has 128 valence electrons. The van der Waals surface area contributed by atoms with Crippen molar-refractivity contribution in [2.45, 2.75) is 13.3 Å². The van der Waals surface area contributed by atoms with Gasteiger partial charge < -0.3 is 0 Å². The second kappa shape index (κ2) is 6.54. The summed E-state index contributed by atoms with van der Waals surface area (Å²) in [7, 11) is 0.